The summed E-state index contributed by atoms with van der Waals surface area (Å²) >= 11 is 6.04. The molecule has 0 spiro atoms. The second-order valence-electron chi connectivity index (χ2n) is 3.43. The Bertz CT molecular complexity index is 458. The molecule has 0 amide bonds. The first-order chi connectivity index (χ1) is 7.61. The van der Waals surface area contributed by atoms with Crippen LogP contribution in [0.25, 0.3) is 0 Å². The van der Waals surface area contributed by atoms with Crippen LogP contribution in [-0.2, 0) is 0 Å². The topological polar surface area (TPSA) is 63.7 Å². The Morgan fingerprint density at radius 2 is 2.25 bits per heavy atom. The highest BCUT2D eigenvalue weighted by Crippen LogP contribution is 2.27. The predicted octanol–water partition coefficient (Wildman–Crippen LogP) is 2.35. The van der Waals surface area contributed by atoms with Crippen LogP contribution in [0.15, 0.2) is 12.3 Å². The molecule has 4 nitrogen and oxygen atoms in total. The van der Waals surface area contributed by atoms with Gasteiger partial charge >= 0.3 is 0 Å². The van der Waals surface area contributed by atoms with E-state index in [0.717, 1.165) is 0 Å². The molecule has 0 saturated heterocycles. The van der Waals surface area contributed by atoms with E-state index < -0.39 is 0 Å². The molecular weight excluding hydrogens is 224 g/mol. The molecule has 82 valence electrons. The molecule has 16 heavy (non-hydrogen) atoms. The molecule has 1 unspecified atom stereocenters. The quantitative estimate of drug-likeness (QED) is 0.805. The standard InChI is InChI=1S/C11H11ClN4/c1-8(3-5-13)16(2)11-10(12)9(7-14)4-6-15-11/h4,6,8H,3H2,1-2H3. The highest BCUT2D eigenvalue weighted by molar-refractivity contribution is 6.34. The molecule has 1 aromatic rings. The van der Waals surface area contributed by atoms with Crippen molar-refractivity contribution in [2.75, 3.05) is 11.9 Å². The van der Waals surface area contributed by atoms with E-state index in [0.29, 0.717) is 22.8 Å². The first kappa shape index (κ1) is 12.3. The Hall–Kier alpha value is -1.78. The molecule has 1 atom stereocenters. The van der Waals surface area contributed by atoms with Crippen molar-refractivity contribution in [3.8, 4) is 12.1 Å². The van der Waals surface area contributed by atoms with Gasteiger partial charge in [0, 0.05) is 19.3 Å². The maximum atomic E-state index is 8.83. The fourth-order valence-corrected chi connectivity index (χ4v) is 1.53. The molecule has 0 radical (unpaired) electrons. The van der Waals surface area contributed by atoms with Crippen molar-refractivity contribution in [3.05, 3.63) is 22.8 Å². The molecule has 1 heterocycles. The minimum atomic E-state index is 0.00365. The van der Waals surface area contributed by atoms with Gasteiger partial charge in [0.2, 0.25) is 0 Å². The molecule has 0 aromatic carbocycles. The van der Waals surface area contributed by atoms with Crippen molar-refractivity contribution in [1.82, 2.24) is 4.98 Å². The summed E-state index contributed by atoms with van der Waals surface area (Å²) in [5, 5.41) is 17.8. The molecule has 0 N–H and O–H groups in total. The molecule has 5 heteroatoms. The van der Waals surface area contributed by atoms with Crippen LogP contribution < -0.4 is 4.90 Å². The fraction of sp³-hybridized carbons (Fsp3) is 0.364. The lowest BCUT2D eigenvalue weighted by Crippen LogP contribution is -2.29. The third-order valence-corrected chi connectivity index (χ3v) is 2.75. The first-order valence-corrected chi connectivity index (χ1v) is 5.14. The van der Waals surface area contributed by atoms with Crippen LogP contribution in [0, 0.1) is 22.7 Å². The van der Waals surface area contributed by atoms with Gasteiger partial charge in [0.25, 0.3) is 0 Å². The van der Waals surface area contributed by atoms with Crippen molar-refractivity contribution in [2.45, 2.75) is 19.4 Å². The Morgan fingerprint density at radius 1 is 1.56 bits per heavy atom. The summed E-state index contributed by atoms with van der Waals surface area (Å²) in [6, 6.07) is 5.65. The lowest BCUT2D eigenvalue weighted by Gasteiger charge is -2.24. The molecule has 0 aliphatic rings. The second-order valence-corrected chi connectivity index (χ2v) is 3.81. The van der Waals surface area contributed by atoms with E-state index in [9.17, 15) is 0 Å². The Morgan fingerprint density at radius 3 is 2.81 bits per heavy atom. The van der Waals surface area contributed by atoms with Gasteiger partial charge in [0.15, 0.2) is 0 Å². The van der Waals surface area contributed by atoms with Crippen LogP contribution in [0.4, 0.5) is 5.82 Å². The maximum absolute atomic E-state index is 8.83. The van der Waals surface area contributed by atoms with Crippen molar-refractivity contribution < 1.29 is 0 Å². The monoisotopic (exact) mass is 234 g/mol. The van der Waals surface area contributed by atoms with Gasteiger partial charge in [-0.2, -0.15) is 10.5 Å². The zero-order valence-electron chi connectivity index (χ0n) is 9.11. The van der Waals surface area contributed by atoms with Crippen LogP contribution >= 0.6 is 11.6 Å². The molecule has 0 bridgehead atoms. The summed E-state index contributed by atoms with van der Waals surface area (Å²) in [6.07, 6.45) is 1.92. The van der Waals surface area contributed by atoms with E-state index in [2.05, 4.69) is 11.1 Å². The number of anilines is 1. The van der Waals surface area contributed by atoms with E-state index in [1.165, 1.54) is 6.20 Å². The lowest BCUT2D eigenvalue weighted by molar-refractivity contribution is 0.694. The Balaban J connectivity index is 3.06. The number of hydrogen-bond donors (Lipinski definition) is 0. The molecule has 0 aliphatic carbocycles. The van der Waals surface area contributed by atoms with E-state index in [4.69, 9.17) is 22.1 Å². The summed E-state index contributed by atoms with van der Waals surface area (Å²) in [6.45, 7) is 1.90. The van der Waals surface area contributed by atoms with E-state index in [-0.39, 0.29) is 6.04 Å². The smallest absolute Gasteiger partial charge is 0.148 e. The number of hydrogen-bond acceptors (Lipinski definition) is 4. The van der Waals surface area contributed by atoms with E-state index in [1.807, 2.05) is 13.0 Å². The number of nitriles is 2. The molecule has 1 rings (SSSR count). The SMILES string of the molecule is CC(CC#N)N(C)c1nccc(C#N)c1Cl. The molecular formula is C11H11ClN4. The normalized spacial score (nSPS) is 11.3. The van der Waals surface area contributed by atoms with Gasteiger partial charge < -0.3 is 4.90 Å². The molecule has 0 aliphatic heterocycles. The average molecular weight is 235 g/mol. The number of rotatable bonds is 3. The third-order valence-electron chi connectivity index (χ3n) is 2.37. The van der Waals surface area contributed by atoms with E-state index >= 15 is 0 Å². The van der Waals surface area contributed by atoms with Crippen LogP contribution in [0.1, 0.15) is 18.9 Å². The predicted molar refractivity (Wildman–Crippen MR) is 62.1 cm³/mol. The Kier molecular flexibility index (Phi) is 4.10. The van der Waals surface area contributed by atoms with Crippen molar-refractivity contribution in [1.29, 1.82) is 10.5 Å². The summed E-state index contributed by atoms with van der Waals surface area (Å²) in [5.41, 5.74) is 0.391. The van der Waals surface area contributed by atoms with Crippen LogP contribution in [0.3, 0.4) is 0 Å². The molecule has 0 fully saturated rings. The number of aromatic nitrogens is 1. The summed E-state index contributed by atoms with van der Waals surface area (Å²) in [5.74, 6) is 0.531. The number of pyridine rings is 1. The molecule has 0 saturated carbocycles. The summed E-state index contributed by atoms with van der Waals surface area (Å²) < 4.78 is 0. The minimum Gasteiger partial charge on any atom is -0.355 e. The third kappa shape index (κ3) is 2.42. The fourth-order valence-electron chi connectivity index (χ4n) is 1.24. The average Bonchev–Trinajstić information content (AvgIpc) is 2.29. The van der Waals surface area contributed by atoms with Gasteiger partial charge in [-0.3, -0.25) is 0 Å². The highest BCUT2D eigenvalue weighted by atomic mass is 35.5. The number of halogens is 1. The van der Waals surface area contributed by atoms with E-state index in [1.54, 1.807) is 18.0 Å². The van der Waals surface area contributed by atoms with Crippen molar-refractivity contribution >= 4 is 17.4 Å². The number of nitrogens with zero attached hydrogens (tertiary/aromatic N) is 4. The van der Waals surface area contributed by atoms with Crippen LogP contribution in [0.2, 0.25) is 5.02 Å². The second kappa shape index (κ2) is 5.34. The zero-order chi connectivity index (χ0) is 12.1. The van der Waals surface area contributed by atoms with Crippen LogP contribution in [0.5, 0.6) is 0 Å². The molecule has 1 aromatic heterocycles. The minimum absolute atomic E-state index is 0.00365. The Labute approximate surface area is 99.7 Å². The van der Waals surface area contributed by atoms with Gasteiger partial charge in [-0.15, -0.1) is 0 Å². The maximum Gasteiger partial charge on any atom is 0.148 e. The first-order valence-electron chi connectivity index (χ1n) is 4.76. The lowest BCUT2D eigenvalue weighted by atomic mass is 10.2. The summed E-state index contributed by atoms with van der Waals surface area (Å²) in [4.78, 5) is 5.92. The zero-order valence-corrected chi connectivity index (χ0v) is 9.86. The van der Waals surface area contributed by atoms with Gasteiger partial charge in [-0.05, 0) is 13.0 Å². The largest absolute Gasteiger partial charge is 0.355 e. The van der Waals surface area contributed by atoms with Crippen LogP contribution in [-0.4, -0.2) is 18.1 Å². The summed E-state index contributed by atoms with van der Waals surface area (Å²) in [7, 11) is 1.80. The van der Waals surface area contributed by atoms with Gasteiger partial charge in [0.05, 0.1) is 18.1 Å². The highest BCUT2D eigenvalue weighted by Gasteiger charge is 2.16. The van der Waals surface area contributed by atoms with Gasteiger partial charge in [0.1, 0.15) is 16.9 Å². The van der Waals surface area contributed by atoms with Gasteiger partial charge in [-0.1, -0.05) is 11.6 Å². The van der Waals surface area contributed by atoms with Gasteiger partial charge in [-0.25, -0.2) is 4.98 Å². The van der Waals surface area contributed by atoms with Crippen molar-refractivity contribution in [2.24, 2.45) is 0 Å². The van der Waals surface area contributed by atoms with Crippen molar-refractivity contribution in [3.63, 3.8) is 0 Å².